The Labute approximate surface area is 187 Å². The number of ketones is 1. The topological polar surface area (TPSA) is 103 Å². The van der Waals surface area contributed by atoms with Gasteiger partial charge < -0.3 is 8.82 Å². The Morgan fingerprint density at radius 2 is 2.12 bits per heavy atom. The number of halogens is 1. The molecule has 1 aliphatic carbocycles. The normalized spacial score (nSPS) is 13.9. The lowest BCUT2D eigenvalue weighted by atomic mass is 10.1. The van der Waals surface area contributed by atoms with Crippen molar-refractivity contribution in [3.63, 3.8) is 0 Å². The minimum Gasteiger partial charge on any atom is -0.418 e. The summed E-state index contributed by atoms with van der Waals surface area (Å²) in [6, 6.07) is 7.62. The fraction of sp³-hybridized carbons (Fsp3) is 0.273. The standard InChI is InChI=1S/C22H18ClN7O2/c23-14-7-8-29-12-24-17(18(29)9-14)3-5-19(31)22-27-26-21(32-22)10-15-11-30-20(25-15)6-4-16(28-30)13-1-2-13/h4,6-9,11-13H,1-3,5,10H2. The molecule has 0 amide bonds. The molecule has 32 heavy (non-hydrogen) atoms. The SMILES string of the molecule is O=C(CCc1ncn2ccc(Cl)cc12)c1nnc(Cc2cn3nc(C4CC4)ccc3n2)o1. The third-order valence-electron chi connectivity index (χ3n) is 5.59. The van der Waals surface area contributed by atoms with Gasteiger partial charge in [-0.3, -0.25) is 4.79 Å². The number of carbonyl (C=O) groups is 1. The molecule has 1 saturated carbocycles. The van der Waals surface area contributed by atoms with Gasteiger partial charge in [0.1, 0.15) is 0 Å². The molecule has 0 unspecified atom stereocenters. The molecular weight excluding hydrogens is 430 g/mol. The minimum absolute atomic E-state index is 0.000504. The highest BCUT2D eigenvalue weighted by Gasteiger charge is 2.25. The molecule has 0 aromatic carbocycles. The van der Waals surface area contributed by atoms with Gasteiger partial charge in [0.25, 0.3) is 5.89 Å². The summed E-state index contributed by atoms with van der Waals surface area (Å²) in [5.41, 5.74) is 4.30. The molecule has 10 heteroatoms. The summed E-state index contributed by atoms with van der Waals surface area (Å²) in [7, 11) is 0. The molecule has 0 aliphatic heterocycles. The van der Waals surface area contributed by atoms with Crippen LogP contribution in [0, 0.1) is 0 Å². The second kappa shape index (κ2) is 7.52. The van der Waals surface area contributed by atoms with Gasteiger partial charge in [0.15, 0.2) is 5.65 Å². The van der Waals surface area contributed by atoms with Crippen LogP contribution in [-0.2, 0) is 12.8 Å². The van der Waals surface area contributed by atoms with Crippen LogP contribution in [0.25, 0.3) is 11.2 Å². The van der Waals surface area contributed by atoms with Crippen LogP contribution in [0.2, 0.25) is 5.02 Å². The minimum atomic E-state index is -0.224. The third kappa shape index (κ3) is 3.64. The van der Waals surface area contributed by atoms with Crippen molar-refractivity contribution < 1.29 is 9.21 Å². The van der Waals surface area contributed by atoms with Gasteiger partial charge in [-0.15, -0.1) is 10.2 Å². The Morgan fingerprint density at radius 1 is 1.22 bits per heavy atom. The van der Waals surface area contributed by atoms with Crippen molar-refractivity contribution in [2.75, 3.05) is 0 Å². The maximum atomic E-state index is 12.6. The van der Waals surface area contributed by atoms with Crippen LogP contribution in [0.15, 0.2) is 47.4 Å². The fourth-order valence-electron chi connectivity index (χ4n) is 3.77. The van der Waals surface area contributed by atoms with E-state index in [0.29, 0.717) is 29.7 Å². The molecule has 0 radical (unpaired) electrons. The van der Waals surface area contributed by atoms with E-state index in [-0.39, 0.29) is 18.1 Å². The predicted octanol–water partition coefficient (Wildman–Crippen LogP) is 3.70. The number of aryl methyl sites for hydroxylation is 1. The molecule has 6 rings (SSSR count). The summed E-state index contributed by atoms with van der Waals surface area (Å²) in [5.74, 6) is 0.697. The van der Waals surface area contributed by atoms with E-state index in [1.54, 1.807) is 16.9 Å². The van der Waals surface area contributed by atoms with Crippen LogP contribution in [0.4, 0.5) is 0 Å². The maximum Gasteiger partial charge on any atom is 0.284 e. The Morgan fingerprint density at radius 3 is 3.00 bits per heavy atom. The molecule has 0 atom stereocenters. The maximum absolute atomic E-state index is 12.6. The van der Waals surface area contributed by atoms with E-state index < -0.39 is 0 Å². The molecule has 0 N–H and O–H groups in total. The van der Waals surface area contributed by atoms with E-state index in [1.165, 1.54) is 12.8 Å². The number of aromatic nitrogens is 7. The molecule has 1 fully saturated rings. The highest BCUT2D eigenvalue weighted by molar-refractivity contribution is 6.30. The summed E-state index contributed by atoms with van der Waals surface area (Å²) < 4.78 is 9.26. The number of rotatable bonds is 7. The average Bonchev–Trinajstić information content (AvgIpc) is 3.21. The van der Waals surface area contributed by atoms with Gasteiger partial charge in [0.2, 0.25) is 11.7 Å². The van der Waals surface area contributed by atoms with Crippen LogP contribution in [-0.4, -0.2) is 40.0 Å². The van der Waals surface area contributed by atoms with Gasteiger partial charge in [-0.1, -0.05) is 11.6 Å². The van der Waals surface area contributed by atoms with E-state index in [1.807, 2.05) is 35.0 Å². The highest BCUT2D eigenvalue weighted by atomic mass is 35.5. The van der Waals surface area contributed by atoms with E-state index in [9.17, 15) is 4.79 Å². The molecule has 5 aromatic heterocycles. The molecule has 1 aliphatic rings. The van der Waals surface area contributed by atoms with Crippen molar-refractivity contribution in [3.05, 3.63) is 76.9 Å². The van der Waals surface area contributed by atoms with Crippen molar-refractivity contribution >= 4 is 28.5 Å². The van der Waals surface area contributed by atoms with Gasteiger partial charge in [-0.05, 0) is 43.5 Å². The van der Waals surface area contributed by atoms with E-state index in [0.717, 1.165) is 28.2 Å². The average molecular weight is 448 g/mol. The molecule has 5 aromatic rings. The monoisotopic (exact) mass is 447 g/mol. The van der Waals surface area contributed by atoms with Crippen LogP contribution >= 0.6 is 11.6 Å². The summed E-state index contributed by atoms with van der Waals surface area (Å²) in [4.78, 5) is 21.5. The van der Waals surface area contributed by atoms with Gasteiger partial charge in [0, 0.05) is 23.6 Å². The summed E-state index contributed by atoms with van der Waals surface area (Å²) in [6.45, 7) is 0. The zero-order valence-electron chi connectivity index (χ0n) is 17.0. The largest absolute Gasteiger partial charge is 0.418 e. The van der Waals surface area contributed by atoms with Crippen molar-refractivity contribution in [3.8, 4) is 0 Å². The summed E-state index contributed by atoms with van der Waals surface area (Å²) in [5, 5.41) is 13.2. The molecule has 0 spiro atoms. The first-order valence-electron chi connectivity index (χ1n) is 10.4. The number of imidazole rings is 2. The molecule has 9 nitrogen and oxygen atoms in total. The van der Waals surface area contributed by atoms with Crippen molar-refractivity contribution in [1.29, 1.82) is 0 Å². The van der Waals surface area contributed by atoms with Gasteiger partial charge in [-0.2, -0.15) is 5.10 Å². The van der Waals surface area contributed by atoms with Gasteiger partial charge in [-0.25, -0.2) is 14.5 Å². The molecule has 0 bridgehead atoms. The van der Waals surface area contributed by atoms with Crippen molar-refractivity contribution in [1.82, 2.24) is 34.2 Å². The van der Waals surface area contributed by atoms with E-state index in [2.05, 4.69) is 25.3 Å². The quantitative estimate of drug-likeness (QED) is 0.350. The summed E-state index contributed by atoms with van der Waals surface area (Å²) >= 11 is 6.07. The Hall–Kier alpha value is -3.59. The summed E-state index contributed by atoms with van der Waals surface area (Å²) in [6.07, 6.45) is 8.80. The smallest absolute Gasteiger partial charge is 0.284 e. The number of nitrogens with zero attached hydrogens (tertiary/aromatic N) is 7. The molecular formula is C22H18ClN7O2. The van der Waals surface area contributed by atoms with Crippen LogP contribution < -0.4 is 0 Å². The fourth-order valence-corrected chi connectivity index (χ4v) is 3.93. The van der Waals surface area contributed by atoms with E-state index in [4.69, 9.17) is 16.0 Å². The molecule has 0 saturated heterocycles. The zero-order chi connectivity index (χ0) is 21.7. The number of pyridine rings is 1. The second-order valence-corrected chi connectivity index (χ2v) is 8.43. The van der Waals surface area contributed by atoms with Crippen LogP contribution in [0.1, 0.15) is 58.8 Å². The zero-order valence-corrected chi connectivity index (χ0v) is 17.7. The Bertz CT molecular complexity index is 1460. The van der Waals surface area contributed by atoms with Crippen LogP contribution in [0.3, 0.4) is 0 Å². The number of hydrogen-bond donors (Lipinski definition) is 0. The van der Waals surface area contributed by atoms with E-state index >= 15 is 0 Å². The lowest BCUT2D eigenvalue weighted by Gasteiger charge is -1.98. The van der Waals surface area contributed by atoms with Gasteiger partial charge in [0.05, 0.1) is 41.5 Å². The second-order valence-electron chi connectivity index (χ2n) is 8.00. The van der Waals surface area contributed by atoms with Crippen molar-refractivity contribution in [2.24, 2.45) is 0 Å². The number of fused-ring (bicyclic) bond motifs is 2. The van der Waals surface area contributed by atoms with Crippen molar-refractivity contribution in [2.45, 2.75) is 38.0 Å². The lowest BCUT2D eigenvalue weighted by Crippen LogP contribution is -2.02. The number of hydrogen-bond acceptors (Lipinski definition) is 7. The third-order valence-corrected chi connectivity index (χ3v) is 5.83. The van der Waals surface area contributed by atoms with Gasteiger partial charge >= 0.3 is 0 Å². The predicted molar refractivity (Wildman–Crippen MR) is 115 cm³/mol. The number of carbonyl (C=O) groups excluding carboxylic acids is 1. The molecule has 5 heterocycles. The first kappa shape index (κ1) is 19.1. The first-order chi connectivity index (χ1) is 15.6. The lowest BCUT2D eigenvalue weighted by molar-refractivity contribution is 0.0947. The highest BCUT2D eigenvalue weighted by Crippen LogP contribution is 2.38. The number of Topliss-reactive ketones (excluding diaryl/α,β-unsaturated/α-hetero) is 1. The first-order valence-corrected chi connectivity index (χ1v) is 10.8. The Balaban J connectivity index is 1.13. The van der Waals surface area contributed by atoms with Crippen LogP contribution in [0.5, 0.6) is 0 Å². The Kier molecular flexibility index (Phi) is 4.50. The molecule has 160 valence electrons.